The highest BCUT2D eigenvalue weighted by molar-refractivity contribution is 7.99. The highest BCUT2D eigenvalue weighted by Crippen LogP contribution is 2.30. The summed E-state index contributed by atoms with van der Waals surface area (Å²) in [4.78, 5) is 12.3. The number of rotatable bonds is 5. The summed E-state index contributed by atoms with van der Waals surface area (Å²) in [5, 5.41) is 7.03. The van der Waals surface area contributed by atoms with Gasteiger partial charge in [0.15, 0.2) is 0 Å². The van der Waals surface area contributed by atoms with Crippen LogP contribution in [0.15, 0.2) is 30.3 Å². The van der Waals surface area contributed by atoms with Crippen molar-refractivity contribution in [3.8, 4) is 0 Å². The molecule has 1 saturated heterocycles. The van der Waals surface area contributed by atoms with Crippen LogP contribution in [0.3, 0.4) is 0 Å². The Bertz CT molecular complexity index is 525. The van der Waals surface area contributed by atoms with E-state index >= 15 is 0 Å². The summed E-state index contributed by atoms with van der Waals surface area (Å²) in [6, 6.07) is 10.8. The van der Waals surface area contributed by atoms with Gasteiger partial charge in [0.25, 0.3) is 0 Å². The molecular weight excluding hydrogens is 320 g/mol. The summed E-state index contributed by atoms with van der Waals surface area (Å²) in [6.07, 6.45) is 5.24. The van der Waals surface area contributed by atoms with Crippen molar-refractivity contribution in [1.29, 1.82) is 0 Å². The molecule has 4 nitrogen and oxygen atoms in total. The minimum Gasteiger partial charge on any atom is -0.373 e. The molecule has 4 atom stereocenters. The van der Waals surface area contributed by atoms with Crippen LogP contribution >= 0.6 is 11.8 Å². The zero-order valence-corrected chi connectivity index (χ0v) is 15.2. The number of nitrogens with one attached hydrogen (secondary N) is 2. The van der Waals surface area contributed by atoms with Crippen molar-refractivity contribution >= 4 is 17.8 Å². The normalized spacial score (nSPS) is 30.0. The Morgan fingerprint density at radius 2 is 1.88 bits per heavy atom. The maximum Gasteiger partial charge on any atom is 0.315 e. The monoisotopic (exact) mass is 348 g/mol. The first-order valence-electron chi connectivity index (χ1n) is 9.09. The van der Waals surface area contributed by atoms with Crippen molar-refractivity contribution in [2.75, 3.05) is 12.4 Å². The van der Waals surface area contributed by atoms with Crippen LogP contribution in [-0.2, 0) is 4.74 Å². The van der Waals surface area contributed by atoms with E-state index in [0.29, 0.717) is 17.9 Å². The zero-order chi connectivity index (χ0) is 16.8. The molecule has 2 amide bonds. The SMILES string of the molecule is CCS[C@@H]1CC[C@H](NC(=O)N[C@@H]2CCO[C@@H](c3ccccc3)C2)C1. The van der Waals surface area contributed by atoms with Gasteiger partial charge in [0, 0.05) is 23.9 Å². The molecule has 0 aromatic heterocycles. The fourth-order valence-electron chi connectivity index (χ4n) is 3.70. The molecule has 3 rings (SSSR count). The molecule has 0 radical (unpaired) electrons. The van der Waals surface area contributed by atoms with Crippen molar-refractivity contribution in [2.24, 2.45) is 0 Å². The Balaban J connectivity index is 1.44. The number of hydrogen-bond acceptors (Lipinski definition) is 3. The van der Waals surface area contributed by atoms with Gasteiger partial charge in [0.05, 0.1) is 6.10 Å². The number of carbonyl (C=O) groups excluding carboxylic acids is 1. The van der Waals surface area contributed by atoms with Crippen molar-refractivity contribution in [1.82, 2.24) is 10.6 Å². The lowest BCUT2D eigenvalue weighted by Crippen LogP contribution is -2.47. The first-order chi connectivity index (χ1) is 11.7. The Morgan fingerprint density at radius 3 is 2.62 bits per heavy atom. The number of thioether (sulfide) groups is 1. The van der Waals surface area contributed by atoms with Gasteiger partial charge < -0.3 is 15.4 Å². The number of ether oxygens (including phenoxy) is 1. The van der Waals surface area contributed by atoms with Crippen molar-refractivity contribution in [3.05, 3.63) is 35.9 Å². The van der Waals surface area contributed by atoms with Crippen LogP contribution in [-0.4, -0.2) is 35.7 Å². The van der Waals surface area contributed by atoms with Crippen molar-refractivity contribution in [3.63, 3.8) is 0 Å². The standard InChI is InChI=1S/C19H28N2O2S/c1-2-24-17-9-8-15(12-17)20-19(22)21-16-10-11-23-18(13-16)14-6-4-3-5-7-14/h3-7,15-18H,2,8-13H2,1H3,(H2,20,21,22)/t15-,16+,17+,18+/m0/s1. The van der Waals surface area contributed by atoms with E-state index in [1.165, 1.54) is 12.0 Å². The molecule has 2 N–H and O–H groups in total. The second-order valence-corrected chi connectivity index (χ2v) is 8.27. The Kier molecular flexibility index (Phi) is 6.44. The first-order valence-corrected chi connectivity index (χ1v) is 10.1. The van der Waals surface area contributed by atoms with Gasteiger partial charge in [-0.1, -0.05) is 37.3 Å². The average molecular weight is 349 g/mol. The van der Waals surface area contributed by atoms with Crippen LogP contribution in [0.5, 0.6) is 0 Å². The molecule has 2 aliphatic rings. The van der Waals surface area contributed by atoms with E-state index in [1.54, 1.807) is 0 Å². The quantitative estimate of drug-likeness (QED) is 0.849. The van der Waals surface area contributed by atoms with Crippen LogP contribution in [0, 0.1) is 0 Å². The topological polar surface area (TPSA) is 50.4 Å². The minimum atomic E-state index is -0.0131. The highest BCUT2D eigenvalue weighted by atomic mass is 32.2. The summed E-state index contributed by atoms with van der Waals surface area (Å²) in [5.41, 5.74) is 1.19. The van der Waals surface area contributed by atoms with Gasteiger partial charge in [-0.15, -0.1) is 0 Å². The Labute approximate surface area is 149 Å². The van der Waals surface area contributed by atoms with E-state index in [1.807, 2.05) is 30.0 Å². The molecule has 0 spiro atoms. The lowest BCUT2D eigenvalue weighted by Gasteiger charge is -2.30. The number of amides is 2. The van der Waals surface area contributed by atoms with E-state index in [9.17, 15) is 4.79 Å². The lowest BCUT2D eigenvalue weighted by molar-refractivity contribution is 0.00222. The fraction of sp³-hybridized carbons (Fsp3) is 0.632. The molecule has 1 aliphatic carbocycles. The molecule has 132 valence electrons. The largest absolute Gasteiger partial charge is 0.373 e. The van der Waals surface area contributed by atoms with Gasteiger partial charge in [0.2, 0.25) is 0 Å². The lowest BCUT2D eigenvalue weighted by atomic mass is 9.97. The van der Waals surface area contributed by atoms with Gasteiger partial charge in [-0.05, 0) is 43.4 Å². The third-order valence-corrected chi connectivity index (χ3v) is 6.15. The summed E-state index contributed by atoms with van der Waals surface area (Å²) in [6.45, 7) is 2.90. The van der Waals surface area contributed by atoms with Crippen molar-refractivity contribution < 1.29 is 9.53 Å². The predicted molar refractivity (Wildman–Crippen MR) is 99.4 cm³/mol. The highest BCUT2D eigenvalue weighted by Gasteiger charge is 2.28. The van der Waals surface area contributed by atoms with E-state index in [-0.39, 0.29) is 18.2 Å². The molecule has 2 fully saturated rings. The Morgan fingerprint density at radius 1 is 1.12 bits per heavy atom. The van der Waals surface area contributed by atoms with Crippen molar-refractivity contribution in [2.45, 2.75) is 62.5 Å². The molecule has 1 saturated carbocycles. The van der Waals surface area contributed by atoms with Gasteiger partial charge in [-0.3, -0.25) is 0 Å². The third kappa shape index (κ3) is 4.90. The molecule has 0 unspecified atom stereocenters. The van der Waals surface area contributed by atoms with Gasteiger partial charge in [-0.25, -0.2) is 4.79 Å². The fourth-order valence-corrected chi connectivity index (χ4v) is 4.84. The third-order valence-electron chi connectivity index (χ3n) is 4.91. The maximum absolute atomic E-state index is 12.3. The Hall–Kier alpha value is -1.20. The molecule has 24 heavy (non-hydrogen) atoms. The summed E-state index contributed by atoms with van der Waals surface area (Å²) in [7, 11) is 0. The molecule has 1 aromatic rings. The predicted octanol–water partition coefficient (Wildman–Crippen LogP) is 3.88. The van der Waals surface area contributed by atoms with Crippen LogP contribution in [0.2, 0.25) is 0 Å². The van der Waals surface area contributed by atoms with Gasteiger partial charge in [-0.2, -0.15) is 11.8 Å². The summed E-state index contributed by atoms with van der Waals surface area (Å²) < 4.78 is 5.88. The summed E-state index contributed by atoms with van der Waals surface area (Å²) in [5.74, 6) is 1.16. The van der Waals surface area contributed by atoms with Crippen LogP contribution in [0.25, 0.3) is 0 Å². The van der Waals surface area contributed by atoms with Crippen LogP contribution in [0.1, 0.15) is 50.7 Å². The molecule has 5 heteroatoms. The summed E-state index contributed by atoms with van der Waals surface area (Å²) >= 11 is 2.02. The van der Waals surface area contributed by atoms with E-state index in [4.69, 9.17) is 4.74 Å². The molecular formula is C19H28N2O2S. The average Bonchev–Trinajstić information content (AvgIpc) is 3.03. The van der Waals surface area contributed by atoms with E-state index < -0.39 is 0 Å². The second kappa shape index (κ2) is 8.77. The number of urea groups is 1. The van der Waals surface area contributed by atoms with Crippen LogP contribution < -0.4 is 10.6 Å². The molecule has 1 aliphatic heterocycles. The maximum atomic E-state index is 12.3. The smallest absolute Gasteiger partial charge is 0.315 e. The molecule has 1 heterocycles. The number of benzene rings is 1. The zero-order valence-electron chi connectivity index (χ0n) is 14.4. The van der Waals surface area contributed by atoms with Gasteiger partial charge in [0.1, 0.15) is 0 Å². The minimum absolute atomic E-state index is 0.0131. The first kappa shape index (κ1) is 17.6. The van der Waals surface area contributed by atoms with E-state index in [0.717, 1.165) is 31.4 Å². The number of hydrogen-bond donors (Lipinski definition) is 2. The number of carbonyl (C=O) groups is 1. The van der Waals surface area contributed by atoms with E-state index in [2.05, 4.69) is 29.7 Å². The van der Waals surface area contributed by atoms with Crippen LogP contribution in [0.4, 0.5) is 4.79 Å². The molecule has 0 bridgehead atoms. The van der Waals surface area contributed by atoms with Gasteiger partial charge >= 0.3 is 6.03 Å². The second-order valence-electron chi connectivity index (χ2n) is 6.70. The molecule has 1 aromatic carbocycles.